The van der Waals surface area contributed by atoms with Crippen molar-refractivity contribution in [3.63, 3.8) is 0 Å². The van der Waals surface area contributed by atoms with Crippen LogP contribution in [0.2, 0.25) is 10.0 Å². The Labute approximate surface area is 137 Å². The molecular formula is C18H21Cl2N. The third-order valence-electron chi connectivity index (χ3n) is 3.78. The molecule has 0 aliphatic heterocycles. The summed E-state index contributed by atoms with van der Waals surface area (Å²) in [6.45, 7) is 0. The van der Waals surface area contributed by atoms with Crippen LogP contribution in [0.5, 0.6) is 0 Å². The summed E-state index contributed by atoms with van der Waals surface area (Å²) in [5.41, 5.74) is 2.43. The van der Waals surface area contributed by atoms with Gasteiger partial charge in [0.25, 0.3) is 0 Å². The van der Waals surface area contributed by atoms with E-state index in [2.05, 4.69) is 35.6 Å². The Kier molecular flexibility index (Phi) is 6.56. The molecular weight excluding hydrogens is 301 g/mol. The molecule has 21 heavy (non-hydrogen) atoms. The van der Waals surface area contributed by atoms with Gasteiger partial charge in [-0.1, -0.05) is 59.6 Å². The monoisotopic (exact) mass is 321 g/mol. The minimum atomic E-state index is 0.395. The first-order chi connectivity index (χ1) is 10.2. The molecule has 0 spiro atoms. The van der Waals surface area contributed by atoms with Crippen LogP contribution < -0.4 is 5.32 Å². The second kappa shape index (κ2) is 8.43. The van der Waals surface area contributed by atoms with Crippen molar-refractivity contribution in [3.8, 4) is 0 Å². The molecule has 112 valence electrons. The van der Waals surface area contributed by atoms with Crippen molar-refractivity contribution in [2.24, 2.45) is 0 Å². The number of nitrogens with one attached hydrogen (secondary N) is 1. The lowest BCUT2D eigenvalue weighted by atomic mass is 9.99. The Morgan fingerprint density at radius 1 is 0.952 bits per heavy atom. The standard InChI is InChI=1S/C18H21Cl2N/c1-21-15(10-5-9-14-7-3-2-4-8-14)13-16-17(19)11-6-12-18(16)20/h2-4,6-8,11-12,15,21H,5,9-10,13H2,1H3. The van der Waals surface area contributed by atoms with Crippen LogP contribution in [-0.4, -0.2) is 13.1 Å². The number of hydrogen-bond donors (Lipinski definition) is 1. The average Bonchev–Trinajstić information content (AvgIpc) is 2.50. The van der Waals surface area contributed by atoms with Gasteiger partial charge in [0.05, 0.1) is 0 Å². The summed E-state index contributed by atoms with van der Waals surface area (Å²) in [6, 6.07) is 16.7. The molecule has 0 fully saturated rings. The third-order valence-corrected chi connectivity index (χ3v) is 4.49. The van der Waals surface area contributed by atoms with E-state index in [1.165, 1.54) is 5.56 Å². The number of rotatable bonds is 7. The molecule has 0 aliphatic rings. The molecule has 3 heteroatoms. The van der Waals surface area contributed by atoms with Gasteiger partial charge in [-0.15, -0.1) is 0 Å². The molecule has 0 saturated carbocycles. The van der Waals surface area contributed by atoms with Crippen LogP contribution in [0.1, 0.15) is 24.0 Å². The Hall–Kier alpha value is -1.02. The molecule has 1 unspecified atom stereocenters. The van der Waals surface area contributed by atoms with Gasteiger partial charge in [0, 0.05) is 16.1 Å². The quantitative estimate of drug-likeness (QED) is 0.743. The molecule has 1 nitrogen and oxygen atoms in total. The Bertz CT molecular complexity index is 534. The predicted octanol–water partition coefficient (Wildman–Crippen LogP) is 5.15. The maximum absolute atomic E-state index is 6.25. The zero-order chi connectivity index (χ0) is 15.1. The number of likely N-dealkylation sites (N-methyl/N-ethyl adjacent to an activating group) is 1. The summed E-state index contributed by atoms with van der Waals surface area (Å²) in [6.07, 6.45) is 4.23. The van der Waals surface area contributed by atoms with E-state index in [0.29, 0.717) is 6.04 Å². The molecule has 0 heterocycles. The SMILES string of the molecule is CNC(CCCc1ccccc1)Cc1c(Cl)cccc1Cl. The number of halogens is 2. The van der Waals surface area contributed by atoms with Crippen molar-refractivity contribution in [2.45, 2.75) is 31.7 Å². The molecule has 0 aromatic heterocycles. The first-order valence-corrected chi connectivity index (χ1v) is 8.10. The smallest absolute Gasteiger partial charge is 0.0453 e. The highest BCUT2D eigenvalue weighted by molar-refractivity contribution is 6.36. The Morgan fingerprint density at radius 3 is 2.24 bits per heavy atom. The van der Waals surface area contributed by atoms with Gasteiger partial charge in [-0.25, -0.2) is 0 Å². The van der Waals surface area contributed by atoms with Gasteiger partial charge in [-0.05, 0) is 56.0 Å². The Balaban J connectivity index is 1.89. The van der Waals surface area contributed by atoms with E-state index in [9.17, 15) is 0 Å². The van der Waals surface area contributed by atoms with Crippen LogP contribution in [0, 0.1) is 0 Å². The van der Waals surface area contributed by atoms with Crippen molar-refractivity contribution < 1.29 is 0 Å². The summed E-state index contributed by atoms with van der Waals surface area (Å²) >= 11 is 12.5. The summed E-state index contributed by atoms with van der Waals surface area (Å²) in [5.74, 6) is 0. The summed E-state index contributed by atoms with van der Waals surface area (Å²) < 4.78 is 0. The van der Waals surface area contributed by atoms with Gasteiger partial charge >= 0.3 is 0 Å². The van der Waals surface area contributed by atoms with Crippen LogP contribution in [0.3, 0.4) is 0 Å². The lowest BCUT2D eigenvalue weighted by molar-refractivity contribution is 0.502. The second-order valence-corrected chi connectivity index (χ2v) is 6.08. The molecule has 1 N–H and O–H groups in total. The van der Waals surface area contributed by atoms with Crippen LogP contribution >= 0.6 is 23.2 Å². The van der Waals surface area contributed by atoms with Crippen LogP contribution in [-0.2, 0) is 12.8 Å². The lowest BCUT2D eigenvalue weighted by Crippen LogP contribution is -2.27. The van der Waals surface area contributed by atoms with E-state index in [1.54, 1.807) is 0 Å². The molecule has 1 atom stereocenters. The molecule has 2 aromatic rings. The fourth-order valence-electron chi connectivity index (χ4n) is 2.52. The van der Waals surface area contributed by atoms with Crippen LogP contribution in [0.15, 0.2) is 48.5 Å². The van der Waals surface area contributed by atoms with Crippen LogP contribution in [0.4, 0.5) is 0 Å². The summed E-state index contributed by atoms with van der Waals surface area (Å²) in [4.78, 5) is 0. The van der Waals surface area contributed by atoms with Gasteiger partial charge in [0.1, 0.15) is 0 Å². The topological polar surface area (TPSA) is 12.0 Å². The molecule has 0 radical (unpaired) electrons. The van der Waals surface area contributed by atoms with Gasteiger partial charge in [-0.2, -0.15) is 0 Å². The minimum Gasteiger partial charge on any atom is -0.317 e. The summed E-state index contributed by atoms with van der Waals surface area (Å²) in [7, 11) is 2.00. The third kappa shape index (κ3) is 5.03. The number of aryl methyl sites for hydroxylation is 1. The number of benzene rings is 2. The maximum Gasteiger partial charge on any atom is 0.0453 e. The van der Waals surface area contributed by atoms with Crippen molar-refractivity contribution in [1.82, 2.24) is 5.32 Å². The first kappa shape index (κ1) is 16.4. The van der Waals surface area contributed by atoms with E-state index in [-0.39, 0.29) is 0 Å². The molecule has 2 aromatic carbocycles. The van der Waals surface area contributed by atoms with Crippen molar-refractivity contribution in [1.29, 1.82) is 0 Å². The second-order valence-electron chi connectivity index (χ2n) is 5.27. The molecule has 2 rings (SSSR count). The molecule has 0 aliphatic carbocycles. The van der Waals surface area contributed by atoms with Gasteiger partial charge < -0.3 is 5.32 Å². The highest BCUT2D eigenvalue weighted by Crippen LogP contribution is 2.26. The van der Waals surface area contributed by atoms with Crippen molar-refractivity contribution in [3.05, 3.63) is 69.7 Å². The zero-order valence-corrected chi connectivity index (χ0v) is 13.8. The average molecular weight is 322 g/mol. The minimum absolute atomic E-state index is 0.395. The molecule has 0 bridgehead atoms. The van der Waals surface area contributed by atoms with E-state index in [4.69, 9.17) is 23.2 Å². The van der Waals surface area contributed by atoms with Crippen LogP contribution in [0.25, 0.3) is 0 Å². The summed E-state index contributed by atoms with van der Waals surface area (Å²) in [5, 5.41) is 4.88. The van der Waals surface area contributed by atoms with E-state index < -0.39 is 0 Å². The normalized spacial score (nSPS) is 12.3. The first-order valence-electron chi connectivity index (χ1n) is 7.34. The van der Waals surface area contributed by atoms with E-state index in [1.807, 2.05) is 25.2 Å². The van der Waals surface area contributed by atoms with Gasteiger partial charge in [0.2, 0.25) is 0 Å². The predicted molar refractivity (Wildman–Crippen MR) is 92.4 cm³/mol. The fraction of sp³-hybridized carbons (Fsp3) is 0.333. The highest BCUT2D eigenvalue weighted by Gasteiger charge is 2.12. The maximum atomic E-state index is 6.25. The van der Waals surface area contributed by atoms with Gasteiger partial charge in [-0.3, -0.25) is 0 Å². The van der Waals surface area contributed by atoms with E-state index >= 15 is 0 Å². The number of hydrogen-bond acceptors (Lipinski definition) is 1. The fourth-order valence-corrected chi connectivity index (χ4v) is 3.07. The van der Waals surface area contributed by atoms with E-state index in [0.717, 1.165) is 41.3 Å². The van der Waals surface area contributed by atoms with Gasteiger partial charge in [0.15, 0.2) is 0 Å². The Morgan fingerprint density at radius 2 is 1.62 bits per heavy atom. The molecule has 0 saturated heterocycles. The largest absolute Gasteiger partial charge is 0.317 e. The lowest BCUT2D eigenvalue weighted by Gasteiger charge is -2.18. The molecule has 0 amide bonds. The zero-order valence-electron chi connectivity index (χ0n) is 12.3. The highest BCUT2D eigenvalue weighted by atomic mass is 35.5. The van der Waals surface area contributed by atoms with Crippen molar-refractivity contribution >= 4 is 23.2 Å². The van der Waals surface area contributed by atoms with Crippen molar-refractivity contribution in [2.75, 3.05) is 7.05 Å².